The fourth-order valence-corrected chi connectivity index (χ4v) is 5.00. The fraction of sp³-hybridized carbons (Fsp3) is 0.136. The first-order valence-electron chi connectivity index (χ1n) is 9.96. The molecule has 0 atom stereocenters. The van der Waals surface area contributed by atoms with Gasteiger partial charge < -0.3 is 9.88 Å². The lowest BCUT2D eigenvalue weighted by atomic mass is 10.1. The highest BCUT2D eigenvalue weighted by Crippen LogP contribution is 2.28. The quantitative estimate of drug-likeness (QED) is 0.371. The third kappa shape index (κ3) is 4.61. The van der Waals surface area contributed by atoms with Crippen molar-refractivity contribution in [2.24, 2.45) is 12.1 Å². The van der Waals surface area contributed by atoms with Crippen molar-refractivity contribution in [1.29, 1.82) is 0 Å². The van der Waals surface area contributed by atoms with E-state index < -0.39 is 0 Å². The minimum Gasteiger partial charge on any atom is -0.327 e. The molecule has 0 fully saturated rings. The number of carbonyl (C=O) groups excluding carboxylic acids is 1. The number of aryl methyl sites for hydroxylation is 2. The van der Waals surface area contributed by atoms with Crippen LogP contribution < -0.4 is 10.7 Å². The molecular weight excluding hydrogens is 522 g/mol. The number of thioether (sulfide) groups is 2. The number of hydrogen-bond donors (Lipinski definition) is 2. The number of halogens is 1. The van der Waals surface area contributed by atoms with Crippen molar-refractivity contribution < 1.29 is 4.79 Å². The third-order valence-corrected chi connectivity index (χ3v) is 7.15. The minimum atomic E-state index is -0.190. The molecule has 2 N–H and O–H groups in total. The second-order valence-corrected chi connectivity index (χ2v) is 10.1. The molecule has 33 heavy (non-hydrogen) atoms. The Morgan fingerprint density at radius 3 is 2.79 bits per heavy atom. The maximum atomic E-state index is 12.4. The predicted octanol–water partition coefficient (Wildman–Crippen LogP) is 4.40. The molecule has 0 unspecified atom stereocenters. The largest absolute Gasteiger partial charge is 0.327 e. The summed E-state index contributed by atoms with van der Waals surface area (Å²) in [6, 6.07) is 14.2. The van der Waals surface area contributed by atoms with Crippen LogP contribution in [0.25, 0.3) is 27.8 Å². The lowest BCUT2D eigenvalue weighted by molar-refractivity contribution is -0.117. The second-order valence-electron chi connectivity index (χ2n) is 7.37. The van der Waals surface area contributed by atoms with E-state index in [0.29, 0.717) is 10.3 Å². The molecule has 11 heteroatoms. The second kappa shape index (κ2) is 9.16. The number of hydrogen-bond acceptors (Lipinski definition) is 8. The van der Waals surface area contributed by atoms with Crippen molar-refractivity contribution >= 4 is 78.3 Å². The highest BCUT2D eigenvalue weighted by molar-refractivity contribution is 9.10. The first kappa shape index (κ1) is 21.9. The number of aromatic nitrogens is 4. The zero-order valence-electron chi connectivity index (χ0n) is 17.7. The third-order valence-electron chi connectivity index (χ3n) is 5.05. The topological polar surface area (TPSA) is 97.1 Å². The Morgan fingerprint density at radius 1 is 1.21 bits per heavy atom. The van der Waals surface area contributed by atoms with Crippen LogP contribution in [-0.4, -0.2) is 36.6 Å². The molecule has 3 heterocycles. The van der Waals surface area contributed by atoms with E-state index in [1.807, 2.05) is 66.4 Å². The Balaban J connectivity index is 1.21. The van der Waals surface area contributed by atoms with Gasteiger partial charge in [0, 0.05) is 27.9 Å². The molecule has 0 saturated heterocycles. The minimum absolute atomic E-state index is 0.150. The summed E-state index contributed by atoms with van der Waals surface area (Å²) in [7, 11) is 1.94. The molecule has 1 aliphatic rings. The standard InChI is InChI=1S/C22H18BrN7OS2/c1-12-3-5-13(6-4-12)16-10-32-21(28-26-16)24-18(31)11-33-22-25-20-19(27-29-22)15-9-14(23)7-8-17(15)30(20)2/h3-10,26H,11H2,1-2H3,(H,24,28,31). The monoisotopic (exact) mass is 539 g/mol. The Labute approximate surface area is 206 Å². The van der Waals surface area contributed by atoms with E-state index in [2.05, 4.69) is 47.0 Å². The first-order chi connectivity index (χ1) is 16.0. The van der Waals surface area contributed by atoms with Gasteiger partial charge in [0.05, 0.1) is 17.0 Å². The number of nitrogens with zero attached hydrogens (tertiary/aromatic N) is 5. The summed E-state index contributed by atoms with van der Waals surface area (Å²) in [5.41, 5.74) is 8.61. The molecule has 4 aromatic rings. The van der Waals surface area contributed by atoms with Gasteiger partial charge >= 0.3 is 0 Å². The summed E-state index contributed by atoms with van der Waals surface area (Å²) in [6.45, 7) is 2.05. The summed E-state index contributed by atoms with van der Waals surface area (Å²) < 4.78 is 2.95. The summed E-state index contributed by atoms with van der Waals surface area (Å²) in [5.74, 6) is -0.0403. The van der Waals surface area contributed by atoms with E-state index in [9.17, 15) is 4.79 Å². The van der Waals surface area contributed by atoms with Crippen molar-refractivity contribution in [2.45, 2.75) is 12.1 Å². The maximum absolute atomic E-state index is 12.4. The van der Waals surface area contributed by atoms with Gasteiger partial charge in [-0.25, -0.2) is 4.98 Å². The lowest BCUT2D eigenvalue weighted by Crippen LogP contribution is -2.32. The molecule has 1 amide bonds. The Hall–Kier alpha value is -2.89. The fourth-order valence-electron chi connectivity index (χ4n) is 3.36. The van der Waals surface area contributed by atoms with E-state index in [-0.39, 0.29) is 11.7 Å². The van der Waals surface area contributed by atoms with Gasteiger partial charge in [-0.1, -0.05) is 69.3 Å². The van der Waals surface area contributed by atoms with Crippen LogP contribution in [0.15, 0.2) is 62.6 Å². The highest BCUT2D eigenvalue weighted by Gasteiger charge is 2.16. The zero-order valence-corrected chi connectivity index (χ0v) is 20.9. The number of nitrogens with one attached hydrogen (secondary N) is 2. The first-order valence-corrected chi connectivity index (χ1v) is 12.6. The van der Waals surface area contributed by atoms with Gasteiger partial charge in [0.2, 0.25) is 11.1 Å². The van der Waals surface area contributed by atoms with Crippen LogP contribution in [0.1, 0.15) is 11.1 Å². The smallest absolute Gasteiger partial charge is 0.236 e. The molecule has 0 radical (unpaired) electrons. The zero-order chi connectivity index (χ0) is 22.9. The lowest BCUT2D eigenvalue weighted by Gasteiger charge is -2.14. The number of amides is 1. The van der Waals surface area contributed by atoms with Crippen LogP contribution >= 0.6 is 39.5 Å². The molecule has 0 bridgehead atoms. The van der Waals surface area contributed by atoms with Crippen molar-refractivity contribution in [3.8, 4) is 0 Å². The average molecular weight is 540 g/mol. The molecule has 5 rings (SSSR count). The molecule has 166 valence electrons. The van der Waals surface area contributed by atoms with E-state index in [1.54, 1.807) is 0 Å². The molecule has 1 aliphatic heterocycles. The predicted molar refractivity (Wildman–Crippen MR) is 138 cm³/mol. The molecule has 0 aliphatic carbocycles. The van der Waals surface area contributed by atoms with Crippen molar-refractivity contribution in [3.63, 3.8) is 0 Å². The van der Waals surface area contributed by atoms with Gasteiger partial charge in [0.1, 0.15) is 5.52 Å². The van der Waals surface area contributed by atoms with Gasteiger partial charge in [-0.05, 0) is 25.1 Å². The summed E-state index contributed by atoms with van der Waals surface area (Å²) in [5, 5.41) is 19.5. The van der Waals surface area contributed by atoms with E-state index in [1.165, 1.54) is 29.1 Å². The number of rotatable bonds is 4. The Bertz CT molecular complexity index is 1450. The van der Waals surface area contributed by atoms with Gasteiger partial charge in [0.15, 0.2) is 10.8 Å². The molecule has 2 aromatic carbocycles. The molecule has 2 aromatic heterocycles. The molecular formula is C22H18BrN7OS2. The molecule has 0 saturated carbocycles. The SMILES string of the molecule is Cc1ccc(C2=CSC(NC(=O)CSc3nnc4c5cc(Br)ccc5n(C)c4n3)=NN2)cc1. The normalized spacial score (nSPS) is 13.5. The van der Waals surface area contributed by atoms with Crippen molar-refractivity contribution in [1.82, 2.24) is 30.5 Å². The maximum Gasteiger partial charge on any atom is 0.236 e. The van der Waals surface area contributed by atoms with E-state index in [0.717, 1.165) is 37.8 Å². The number of fused-ring (bicyclic) bond motifs is 3. The van der Waals surface area contributed by atoms with Crippen LogP contribution in [0.5, 0.6) is 0 Å². The number of amidine groups is 1. The van der Waals surface area contributed by atoms with Crippen LogP contribution in [0, 0.1) is 6.92 Å². The van der Waals surface area contributed by atoms with E-state index in [4.69, 9.17) is 0 Å². The van der Waals surface area contributed by atoms with Gasteiger partial charge in [-0.2, -0.15) is 0 Å². The summed E-state index contributed by atoms with van der Waals surface area (Å²) in [6.07, 6.45) is 0. The molecule has 0 spiro atoms. The summed E-state index contributed by atoms with van der Waals surface area (Å²) >= 11 is 6.09. The van der Waals surface area contributed by atoms with Crippen LogP contribution in [0.4, 0.5) is 0 Å². The number of hydrazone groups is 1. The molecule has 8 nitrogen and oxygen atoms in total. The van der Waals surface area contributed by atoms with Crippen molar-refractivity contribution in [2.75, 3.05) is 5.75 Å². The summed E-state index contributed by atoms with van der Waals surface area (Å²) in [4.78, 5) is 17.0. The average Bonchev–Trinajstić information content (AvgIpc) is 3.09. The Kier molecular flexibility index (Phi) is 6.09. The van der Waals surface area contributed by atoms with Gasteiger partial charge in [0.25, 0.3) is 0 Å². The number of benzene rings is 2. The Morgan fingerprint density at radius 2 is 2.03 bits per heavy atom. The number of carbonyl (C=O) groups is 1. The van der Waals surface area contributed by atoms with Crippen LogP contribution in [-0.2, 0) is 11.8 Å². The van der Waals surface area contributed by atoms with Gasteiger partial charge in [-0.15, -0.1) is 15.3 Å². The highest BCUT2D eigenvalue weighted by atomic mass is 79.9. The van der Waals surface area contributed by atoms with Crippen molar-refractivity contribution in [3.05, 3.63) is 63.5 Å². The van der Waals surface area contributed by atoms with E-state index >= 15 is 0 Å². The van der Waals surface area contributed by atoms with Crippen LogP contribution in [0.3, 0.4) is 0 Å². The van der Waals surface area contributed by atoms with Gasteiger partial charge in [-0.3, -0.25) is 10.2 Å². The van der Waals surface area contributed by atoms with Crippen LogP contribution in [0.2, 0.25) is 0 Å².